The fourth-order valence-electron chi connectivity index (χ4n) is 2.78. The number of hydrogen-bond donors (Lipinski definition) is 1. The van der Waals surface area contributed by atoms with Gasteiger partial charge in [0.15, 0.2) is 0 Å². The second-order valence-corrected chi connectivity index (χ2v) is 4.86. The van der Waals surface area contributed by atoms with Gasteiger partial charge in [-0.05, 0) is 49.7 Å². The maximum atomic E-state index is 6.42. The molecule has 2 rings (SSSR count). The third kappa shape index (κ3) is 3.08. The lowest BCUT2D eigenvalue weighted by Crippen LogP contribution is -2.22. The molecule has 1 aliphatic carbocycles. The molecule has 0 radical (unpaired) electrons. The number of aryl methyl sites for hydroxylation is 1. The van der Waals surface area contributed by atoms with Crippen LogP contribution in [0.4, 0.5) is 0 Å². The van der Waals surface area contributed by atoms with Crippen LogP contribution in [-0.4, -0.2) is 13.2 Å². The van der Waals surface area contributed by atoms with Crippen molar-refractivity contribution in [3.63, 3.8) is 0 Å². The second kappa shape index (κ2) is 6.18. The van der Waals surface area contributed by atoms with Gasteiger partial charge in [-0.15, -0.1) is 0 Å². The first-order valence-corrected chi connectivity index (χ1v) is 6.74. The van der Waals surface area contributed by atoms with Gasteiger partial charge in [0.25, 0.3) is 0 Å². The predicted molar refractivity (Wildman–Crippen MR) is 70.9 cm³/mol. The summed E-state index contributed by atoms with van der Waals surface area (Å²) in [6, 6.07) is 8.82. The van der Waals surface area contributed by atoms with Gasteiger partial charge in [-0.3, -0.25) is 0 Å². The van der Waals surface area contributed by atoms with Gasteiger partial charge in [-0.25, -0.2) is 0 Å². The van der Waals surface area contributed by atoms with E-state index >= 15 is 0 Å². The Morgan fingerprint density at radius 3 is 3.00 bits per heavy atom. The molecule has 0 amide bonds. The molecule has 94 valence electrons. The molecule has 2 N–H and O–H groups in total. The van der Waals surface area contributed by atoms with Crippen molar-refractivity contribution in [2.24, 2.45) is 11.7 Å². The summed E-state index contributed by atoms with van der Waals surface area (Å²) < 4.78 is 5.46. The van der Waals surface area contributed by atoms with E-state index < -0.39 is 0 Å². The van der Waals surface area contributed by atoms with E-state index in [1.807, 2.05) is 6.92 Å². The molecule has 0 aromatic heterocycles. The fourth-order valence-corrected chi connectivity index (χ4v) is 2.78. The van der Waals surface area contributed by atoms with E-state index in [0.717, 1.165) is 19.6 Å². The van der Waals surface area contributed by atoms with Gasteiger partial charge >= 0.3 is 0 Å². The summed E-state index contributed by atoms with van der Waals surface area (Å²) in [4.78, 5) is 0. The third-order valence-electron chi connectivity index (χ3n) is 3.78. The summed E-state index contributed by atoms with van der Waals surface area (Å²) in [5.41, 5.74) is 9.21. The molecule has 1 aromatic carbocycles. The van der Waals surface area contributed by atoms with Crippen LogP contribution in [0.5, 0.6) is 0 Å². The molecule has 2 atom stereocenters. The summed E-state index contributed by atoms with van der Waals surface area (Å²) in [5, 5.41) is 0. The molecule has 0 saturated carbocycles. The molecule has 0 heterocycles. The van der Waals surface area contributed by atoms with Crippen LogP contribution >= 0.6 is 0 Å². The molecule has 0 spiro atoms. The van der Waals surface area contributed by atoms with Gasteiger partial charge in [-0.1, -0.05) is 24.3 Å². The van der Waals surface area contributed by atoms with Crippen molar-refractivity contribution in [2.45, 2.75) is 38.6 Å². The van der Waals surface area contributed by atoms with Crippen LogP contribution in [0.15, 0.2) is 24.3 Å². The fraction of sp³-hybridized carbons (Fsp3) is 0.600. The van der Waals surface area contributed by atoms with Crippen LogP contribution in [-0.2, 0) is 11.2 Å². The summed E-state index contributed by atoms with van der Waals surface area (Å²) in [6.07, 6.45) is 4.74. The predicted octanol–water partition coefficient (Wildman–Crippen LogP) is 3.07. The van der Waals surface area contributed by atoms with E-state index in [1.54, 1.807) is 0 Å². The highest BCUT2D eigenvalue weighted by Gasteiger charge is 2.24. The van der Waals surface area contributed by atoms with Crippen LogP contribution < -0.4 is 5.73 Å². The Labute approximate surface area is 104 Å². The summed E-state index contributed by atoms with van der Waals surface area (Å²) >= 11 is 0. The minimum absolute atomic E-state index is 0.189. The summed E-state index contributed by atoms with van der Waals surface area (Å²) in [7, 11) is 0. The Kier molecular flexibility index (Phi) is 4.57. The lowest BCUT2D eigenvalue weighted by molar-refractivity contribution is 0.126. The highest BCUT2D eigenvalue weighted by molar-refractivity contribution is 5.31. The lowest BCUT2D eigenvalue weighted by Gasteiger charge is -2.22. The van der Waals surface area contributed by atoms with Crippen LogP contribution in [0, 0.1) is 5.92 Å². The maximum absolute atomic E-state index is 6.42. The summed E-state index contributed by atoms with van der Waals surface area (Å²) in [6.45, 7) is 3.69. The van der Waals surface area contributed by atoms with Crippen LogP contribution in [0.25, 0.3) is 0 Å². The molecule has 0 saturated heterocycles. The van der Waals surface area contributed by atoms with E-state index in [2.05, 4.69) is 24.3 Å². The molecule has 2 heteroatoms. The largest absolute Gasteiger partial charge is 0.382 e. The lowest BCUT2D eigenvalue weighted by atomic mass is 9.89. The normalized spacial score (nSPS) is 24.1. The zero-order valence-corrected chi connectivity index (χ0v) is 10.7. The number of ether oxygens (including phenoxy) is 1. The van der Waals surface area contributed by atoms with Gasteiger partial charge in [0.2, 0.25) is 0 Å². The molecule has 1 aliphatic rings. The standard InChI is InChI=1S/C15H23NO/c1-2-17-11-10-13-8-5-7-12-6-3-4-9-14(12)15(13)16/h3-4,6,9,13,15H,2,5,7-8,10-11,16H2,1H3. The molecular weight excluding hydrogens is 210 g/mol. The Balaban J connectivity index is 2.06. The van der Waals surface area contributed by atoms with Gasteiger partial charge < -0.3 is 10.5 Å². The first-order chi connectivity index (χ1) is 8.33. The van der Waals surface area contributed by atoms with Crippen molar-refractivity contribution >= 4 is 0 Å². The molecule has 17 heavy (non-hydrogen) atoms. The topological polar surface area (TPSA) is 35.2 Å². The molecule has 2 nitrogen and oxygen atoms in total. The quantitative estimate of drug-likeness (QED) is 0.641. The van der Waals surface area contributed by atoms with Gasteiger partial charge in [0.05, 0.1) is 0 Å². The molecule has 0 fully saturated rings. The van der Waals surface area contributed by atoms with Gasteiger partial charge in [0, 0.05) is 19.3 Å². The Morgan fingerprint density at radius 2 is 2.18 bits per heavy atom. The van der Waals surface area contributed by atoms with Gasteiger partial charge in [-0.2, -0.15) is 0 Å². The average Bonchev–Trinajstić information content (AvgIpc) is 2.51. The van der Waals surface area contributed by atoms with Gasteiger partial charge in [0.1, 0.15) is 0 Å². The molecule has 0 aliphatic heterocycles. The Hall–Kier alpha value is -0.860. The SMILES string of the molecule is CCOCCC1CCCc2ccccc2C1N. The average molecular weight is 233 g/mol. The first kappa shape index (κ1) is 12.6. The number of benzene rings is 1. The van der Waals surface area contributed by atoms with Crippen molar-refractivity contribution in [1.29, 1.82) is 0 Å². The highest BCUT2D eigenvalue weighted by Crippen LogP contribution is 2.33. The molecular formula is C15H23NO. The van der Waals surface area contributed by atoms with E-state index in [-0.39, 0.29) is 6.04 Å². The van der Waals surface area contributed by atoms with Crippen molar-refractivity contribution in [3.05, 3.63) is 35.4 Å². The smallest absolute Gasteiger partial charge is 0.0469 e. The van der Waals surface area contributed by atoms with Crippen LogP contribution in [0.2, 0.25) is 0 Å². The second-order valence-electron chi connectivity index (χ2n) is 4.86. The number of fused-ring (bicyclic) bond motifs is 1. The zero-order valence-electron chi connectivity index (χ0n) is 10.7. The number of nitrogens with two attached hydrogens (primary N) is 1. The van der Waals surface area contributed by atoms with Crippen LogP contribution in [0.3, 0.4) is 0 Å². The number of hydrogen-bond acceptors (Lipinski definition) is 2. The minimum Gasteiger partial charge on any atom is -0.382 e. The van der Waals surface area contributed by atoms with Crippen molar-refractivity contribution < 1.29 is 4.74 Å². The summed E-state index contributed by atoms with van der Waals surface area (Å²) in [5.74, 6) is 0.574. The maximum Gasteiger partial charge on any atom is 0.0469 e. The Morgan fingerprint density at radius 1 is 1.35 bits per heavy atom. The van der Waals surface area contributed by atoms with Crippen molar-refractivity contribution in [2.75, 3.05) is 13.2 Å². The third-order valence-corrected chi connectivity index (χ3v) is 3.78. The molecule has 1 aromatic rings. The van der Waals surface area contributed by atoms with Crippen molar-refractivity contribution in [3.8, 4) is 0 Å². The zero-order chi connectivity index (χ0) is 12.1. The van der Waals surface area contributed by atoms with Crippen molar-refractivity contribution in [1.82, 2.24) is 0 Å². The highest BCUT2D eigenvalue weighted by atomic mass is 16.5. The molecule has 0 bridgehead atoms. The van der Waals surface area contributed by atoms with Crippen LogP contribution in [0.1, 0.15) is 43.4 Å². The van der Waals surface area contributed by atoms with E-state index in [0.29, 0.717) is 5.92 Å². The number of rotatable bonds is 4. The van der Waals surface area contributed by atoms with E-state index in [9.17, 15) is 0 Å². The minimum atomic E-state index is 0.189. The molecule has 2 unspecified atom stereocenters. The van der Waals surface area contributed by atoms with E-state index in [4.69, 9.17) is 10.5 Å². The Bertz CT molecular complexity index is 351. The monoisotopic (exact) mass is 233 g/mol. The van der Waals surface area contributed by atoms with E-state index in [1.165, 1.54) is 30.4 Å². The first-order valence-electron chi connectivity index (χ1n) is 6.74.